The van der Waals surface area contributed by atoms with Gasteiger partial charge in [0.1, 0.15) is 11.5 Å². The first-order valence-corrected chi connectivity index (χ1v) is 7.05. The predicted molar refractivity (Wildman–Crippen MR) is 78.2 cm³/mol. The molecular formula is C16H14O2S. The summed E-state index contributed by atoms with van der Waals surface area (Å²) in [5.41, 5.74) is 2.41. The monoisotopic (exact) mass is 270 g/mol. The molecule has 1 aromatic carbocycles. The van der Waals surface area contributed by atoms with E-state index in [9.17, 15) is 4.79 Å². The summed E-state index contributed by atoms with van der Waals surface area (Å²) in [6.07, 6.45) is 0. The van der Waals surface area contributed by atoms with Crippen LogP contribution < -0.4 is 0 Å². The molecule has 2 nitrogen and oxygen atoms in total. The van der Waals surface area contributed by atoms with Gasteiger partial charge in [-0.05, 0) is 43.7 Å². The predicted octanol–water partition coefficient (Wildman–Crippen LogP) is 4.65. The summed E-state index contributed by atoms with van der Waals surface area (Å²) in [5.74, 6) is 1.58. The van der Waals surface area contributed by atoms with E-state index >= 15 is 0 Å². The van der Waals surface area contributed by atoms with Crippen molar-refractivity contribution in [2.24, 2.45) is 0 Å². The van der Waals surface area contributed by atoms with Crippen LogP contribution in [0.5, 0.6) is 0 Å². The van der Waals surface area contributed by atoms with E-state index in [1.165, 1.54) is 0 Å². The van der Waals surface area contributed by atoms with Crippen molar-refractivity contribution in [2.45, 2.75) is 20.8 Å². The molecule has 3 heteroatoms. The number of ketones is 1. The molecule has 0 aliphatic rings. The van der Waals surface area contributed by atoms with Gasteiger partial charge < -0.3 is 4.42 Å². The molecule has 0 saturated heterocycles. The van der Waals surface area contributed by atoms with Gasteiger partial charge >= 0.3 is 0 Å². The highest BCUT2D eigenvalue weighted by atomic mass is 32.1. The number of rotatable bonds is 2. The summed E-state index contributed by atoms with van der Waals surface area (Å²) in [6, 6.07) is 7.89. The van der Waals surface area contributed by atoms with E-state index in [4.69, 9.17) is 4.42 Å². The Morgan fingerprint density at radius 3 is 2.58 bits per heavy atom. The number of fused-ring (bicyclic) bond motifs is 1. The number of hydrogen-bond acceptors (Lipinski definition) is 3. The van der Waals surface area contributed by atoms with Gasteiger partial charge in [0.25, 0.3) is 0 Å². The van der Waals surface area contributed by atoms with E-state index in [-0.39, 0.29) is 5.78 Å². The zero-order valence-electron chi connectivity index (χ0n) is 11.1. The minimum absolute atomic E-state index is 0.0555. The second kappa shape index (κ2) is 4.35. The van der Waals surface area contributed by atoms with Crippen molar-refractivity contribution < 1.29 is 9.21 Å². The summed E-state index contributed by atoms with van der Waals surface area (Å²) < 4.78 is 6.61. The number of hydrogen-bond donors (Lipinski definition) is 0. The van der Waals surface area contributed by atoms with Crippen molar-refractivity contribution in [1.29, 1.82) is 0 Å². The molecule has 0 aliphatic heterocycles. The molecule has 0 unspecified atom stereocenters. The van der Waals surface area contributed by atoms with Crippen molar-refractivity contribution in [3.63, 3.8) is 0 Å². The molecule has 0 bridgehead atoms. The Labute approximate surface area is 115 Å². The number of thiophene rings is 1. The van der Waals surface area contributed by atoms with Gasteiger partial charge in [0.2, 0.25) is 0 Å². The van der Waals surface area contributed by atoms with Crippen LogP contribution in [0, 0.1) is 20.8 Å². The lowest BCUT2D eigenvalue weighted by Gasteiger charge is -2.03. The van der Waals surface area contributed by atoms with Crippen LogP contribution in [0.4, 0.5) is 0 Å². The molecule has 96 valence electrons. The fourth-order valence-electron chi connectivity index (χ4n) is 2.43. The molecule has 3 aromatic rings. The summed E-state index contributed by atoms with van der Waals surface area (Å²) in [4.78, 5) is 12.8. The zero-order chi connectivity index (χ0) is 13.6. The quantitative estimate of drug-likeness (QED) is 0.634. The Balaban J connectivity index is 2.22. The minimum Gasteiger partial charge on any atom is -0.466 e. The van der Waals surface area contributed by atoms with Gasteiger partial charge in [-0.25, -0.2) is 0 Å². The molecule has 0 spiro atoms. The Morgan fingerprint density at radius 2 is 1.89 bits per heavy atom. The Morgan fingerprint density at radius 1 is 1.11 bits per heavy atom. The SMILES string of the molecule is Cc1oc(C)c(C(=O)c2cccc3ccsc23)c1C. The first-order valence-electron chi connectivity index (χ1n) is 6.17. The van der Waals surface area contributed by atoms with Crippen molar-refractivity contribution in [3.05, 3.63) is 57.9 Å². The van der Waals surface area contributed by atoms with E-state index in [2.05, 4.69) is 0 Å². The summed E-state index contributed by atoms with van der Waals surface area (Å²) in [6.45, 7) is 5.68. The van der Waals surface area contributed by atoms with Crippen LogP contribution in [0.1, 0.15) is 33.0 Å². The highest BCUT2D eigenvalue weighted by Gasteiger charge is 2.21. The maximum absolute atomic E-state index is 12.8. The van der Waals surface area contributed by atoms with Gasteiger partial charge in [-0.2, -0.15) is 0 Å². The Hall–Kier alpha value is -1.87. The average molecular weight is 270 g/mol. The molecule has 2 heterocycles. The Kier molecular flexibility index (Phi) is 2.79. The van der Waals surface area contributed by atoms with E-state index in [0.29, 0.717) is 11.3 Å². The summed E-state index contributed by atoms with van der Waals surface area (Å²) in [5, 5.41) is 3.13. The fraction of sp³-hybridized carbons (Fsp3) is 0.188. The summed E-state index contributed by atoms with van der Waals surface area (Å²) in [7, 11) is 0. The van der Waals surface area contributed by atoms with Crippen molar-refractivity contribution >= 4 is 27.2 Å². The standard InChI is InChI=1S/C16H14O2S/c1-9-10(2)18-11(3)14(9)15(17)13-6-4-5-12-7-8-19-16(12)13/h4-8H,1-3H3. The third-order valence-corrected chi connectivity index (χ3v) is 4.48. The average Bonchev–Trinajstić information content (AvgIpc) is 2.94. The lowest BCUT2D eigenvalue weighted by Crippen LogP contribution is -2.03. The van der Waals surface area contributed by atoms with E-state index in [1.807, 2.05) is 50.4 Å². The third-order valence-electron chi connectivity index (χ3n) is 3.51. The van der Waals surface area contributed by atoms with Crippen molar-refractivity contribution in [1.82, 2.24) is 0 Å². The second-order valence-electron chi connectivity index (χ2n) is 4.69. The molecule has 0 saturated carbocycles. The van der Waals surface area contributed by atoms with E-state index < -0.39 is 0 Å². The number of furan rings is 1. The third kappa shape index (κ3) is 1.81. The van der Waals surface area contributed by atoms with Crippen LogP contribution in [0.15, 0.2) is 34.1 Å². The van der Waals surface area contributed by atoms with E-state index in [1.54, 1.807) is 11.3 Å². The normalized spacial score (nSPS) is 11.1. The van der Waals surface area contributed by atoms with Crippen LogP contribution in [-0.4, -0.2) is 5.78 Å². The lowest BCUT2D eigenvalue weighted by molar-refractivity contribution is 0.103. The fourth-order valence-corrected chi connectivity index (χ4v) is 3.34. The molecule has 19 heavy (non-hydrogen) atoms. The Bertz CT molecular complexity index is 777. The van der Waals surface area contributed by atoms with Gasteiger partial charge in [-0.1, -0.05) is 12.1 Å². The first kappa shape index (κ1) is 12.2. The zero-order valence-corrected chi connectivity index (χ0v) is 11.9. The molecule has 0 amide bonds. The maximum atomic E-state index is 12.8. The van der Waals surface area contributed by atoms with Crippen molar-refractivity contribution in [2.75, 3.05) is 0 Å². The molecule has 0 aliphatic carbocycles. The highest BCUT2D eigenvalue weighted by molar-refractivity contribution is 7.17. The van der Waals surface area contributed by atoms with Gasteiger partial charge in [0.05, 0.1) is 5.56 Å². The summed E-state index contributed by atoms with van der Waals surface area (Å²) >= 11 is 1.60. The molecule has 0 fully saturated rings. The molecule has 0 radical (unpaired) electrons. The molecular weight excluding hydrogens is 256 g/mol. The largest absolute Gasteiger partial charge is 0.466 e. The molecule has 3 rings (SSSR count). The smallest absolute Gasteiger partial charge is 0.198 e. The van der Waals surface area contributed by atoms with Crippen LogP contribution in [0.3, 0.4) is 0 Å². The molecule has 0 N–H and O–H groups in total. The highest BCUT2D eigenvalue weighted by Crippen LogP contribution is 2.29. The number of benzene rings is 1. The number of carbonyl (C=O) groups excluding carboxylic acids is 1. The van der Waals surface area contributed by atoms with Crippen LogP contribution in [0.2, 0.25) is 0 Å². The van der Waals surface area contributed by atoms with E-state index in [0.717, 1.165) is 27.0 Å². The lowest BCUT2D eigenvalue weighted by atomic mass is 9.99. The van der Waals surface area contributed by atoms with Crippen LogP contribution >= 0.6 is 11.3 Å². The maximum Gasteiger partial charge on any atom is 0.198 e. The number of carbonyl (C=O) groups is 1. The van der Waals surface area contributed by atoms with Crippen LogP contribution in [-0.2, 0) is 0 Å². The van der Waals surface area contributed by atoms with Gasteiger partial charge in [-0.3, -0.25) is 4.79 Å². The van der Waals surface area contributed by atoms with Crippen molar-refractivity contribution in [3.8, 4) is 0 Å². The van der Waals surface area contributed by atoms with Gasteiger partial charge in [0, 0.05) is 15.8 Å². The van der Waals surface area contributed by atoms with Gasteiger partial charge in [-0.15, -0.1) is 11.3 Å². The minimum atomic E-state index is 0.0555. The van der Waals surface area contributed by atoms with Crippen LogP contribution in [0.25, 0.3) is 10.1 Å². The second-order valence-corrected chi connectivity index (χ2v) is 5.60. The number of aryl methyl sites for hydroxylation is 2. The first-order chi connectivity index (χ1) is 9.09. The van der Waals surface area contributed by atoms with Gasteiger partial charge in [0.15, 0.2) is 5.78 Å². The topological polar surface area (TPSA) is 30.2 Å². The molecule has 2 aromatic heterocycles. The molecule has 0 atom stereocenters.